The first-order chi connectivity index (χ1) is 17.0. The van der Waals surface area contributed by atoms with Gasteiger partial charge in [-0.1, -0.05) is 12.1 Å². The smallest absolute Gasteiger partial charge is 0.341 e. The number of fused-ring (bicyclic) bond motifs is 1. The van der Waals surface area contributed by atoms with Gasteiger partial charge in [0.15, 0.2) is 11.5 Å². The lowest BCUT2D eigenvalue weighted by Crippen LogP contribution is -2.23. The number of amides is 1. The van der Waals surface area contributed by atoms with E-state index in [0.717, 1.165) is 24.1 Å². The van der Waals surface area contributed by atoms with E-state index in [1.165, 1.54) is 14.2 Å². The minimum atomic E-state index is -0.502. The Hall–Kier alpha value is -4.27. The maximum absolute atomic E-state index is 13.4. The third kappa shape index (κ3) is 4.32. The van der Waals surface area contributed by atoms with Crippen LogP contribution < -0.4 is 10.1 Å². The highest BCUT2D eigenvalue weighted by Gasteiger charge is 2.29. The van der Waals surface area contributed by atoms with Gasteiger partial charge >= 0.3 is 5.97 Å². The van der Waals surface area contributed by atoms with E-state index < -0.39 is 5.97 Å². The number of nitrogens with one attached hydrogen (secondary N) is 1. The molecule has 3 heterocycles. The number of rotatable bonds is 7. The molecule has 9 heteroatoms. The first kappa shape index (κ1) is 22.5. The molecule has 0 saturated heterocycles. The van der Waals surface area contributed by atoms with E-state index in [-0.39, 0.29) is 12.5 Å². The Bertz CT molecular complexity index is 1430. The topological polar surface area (TPSA) is 108 Å². The Balaban J connectivity index is 1.49. The van der Waals surface area contributed by atoms with E-state index in [1.54, 1.807) is 29.1 Å². The third-order valence-electron chi connectivity index (χ3n) is 6.06. The lowest BCUT2D eigenvalue weighted by Gasteiger charge is -2.11. The van der Waals surface area contributed by atoms with Crippen molar-refractivity contribution in [1.82, 2.24) is 25.1 Å². The van der Waals surface area contributed by atoms with Crippen LogP contribution in [0.2, 0.25) is 0 Å². The number of hydrogen-bond donors (Lipinski definition) is 1. The van der Waals surface area contributed by atoms with Crippen LogP contribution in [0.5, 0.6) is 5.75 Å². The minimum absolute atomic E-state index is 0.225. The van der Waals surface area contributed by atoms with Gasteiger partial charge in [0, 0.05) is 24.4 Å². The molecule has 35 heavy (non-hydrogen) atoms. The van der Waals surface area contributed by atoms with Gasteiger partial charge in [0.2, 0.25) is 0 Å². The summed E-state index contributed by atoms with van der Waals surface area (Å²) in [5.41, 5.74) is 3.77. The average molecular weight is 472 g/mol. The maximum atomic E-state index is 13.4. The Kier molecular flexibility index (Phi) is 5.90. The van der Waals surface area contributed by atoms with Crippen LogP contribution in [0, 0.1) is 6.92 Å². The zero-order valence-electron chi connectivity index (χ0n) is 19.7. The number of aromatic nitrogens is 4. The van der Waals surface area contributed by atoms with E-state index >= 15 is 0 Å². The van der Waals surface area contributed by atoms with Gasteiger partial charge in [-0.05, 0) is 55.7 Å². The summed E-state index contributed by atoms with van der Waals surface area (Å²) < 4.78 is 11.8. The molecular formula is C26H25N5O4. The SMILES string of the molecule is COC(=O)c1cc(CNC(=O)c2cc(C3CC3)nc3c2c(C)nn3-c2ccccn2)ccc1OC. The highest BCUT2D eigenvalue weighted by atomic mass is 16.5. The number of aryl methyl sites for hydroxylation is 1. The lowest BCUT2D eigenvalue weighted by atomic mass is 10.1. The number of hydrogen-bond acceptors (Lipinski definition) is 7. The molecule has 0 radical (unpaired) electrons. The predicted octanol–water partition coefficient (Wildman–Crippen LogP) is 3.73. The van der Waals surface area contributed by atoms with E-state index in [0.29, 0.717) is 45.3 Å². The average Bonchev–Trinajstić information content (AvgIpc) is 3.70. The third-order valence-corrected chi connectivity index (χ3v) is 6.06. The molecule has 0 atom stereocenters. The molecule has 1 fully saturated rings. The number of nitrogens with zero attached hydrogens (tertiary/aromatic N) is 4. The molecule has 1 aliphatic rings. The monoisotopic (exact) mass is 471 g/mol. The second-order valence-corrected chi connectivity index (χ2v) is 8.46. The molecule has 1 aromatic carbocycles. The Morgan fingerprint density at radius 3 is 2.63 bits per heavy atom. The Labute approximate surface area is 202 Å². The molecular weight excluding hydrogens is 446 g/mol. The summed E-state index contributed by atoms with van der Waals surface area (Å²) in [7, 11) is 2.80. The van der Waals surface area contributed by atoms with Crippen LogP contribution in [0.15, 0.2) is 48.7 Å². The summed E-state index contributed by atoms with van der Waals surface area (Å²) in [6, 6.07) is 12.6. The van der Waals surface area contributed by atoms with Crippen molar-refractivity contribution in [3.05, 3.63) is 76.7 Å². The zero-order chi connectivity index (χ0) is 24.5. The summed E-state index contributed by atoms with van der Waals surface area (Å²) in [4.78, 5) is 34.8. The predicted molar refractivity (Wildman–Crippen MR) is 129 cm³/mol. The number of pyridine rings is 2. The first-order valence-corrected chi connectivity index (χ1v) is 11.3. The number of carbonyl (C=O) groups is 2. The van der Waals surface area contributed by atoms with Gasteiger partial charge in [0.1, 0.15) is 11.3 Å². The van der Waals surface area contributed by atoms with E-state index in [9.17, 15) is 9.59 Å². The molecule has 0 spiro atoms. The number of ether oxygens (including phenoxy) is 2. The van der Waals surface area contributed by atoms with Crippen molar-refractivity contribution in [1.29, 1.82) is 0 Å². The molecule has 0 unspecified atom stereocenters. The summed E-state index contributed by atoms with van der Waals surface area (Å²) in [6.45, 7) is 2.09. The summed E-state index contributed by atoms with van der Waals surface area (Å²) >= 11 is 0. The summed E-state index contributed by atoms with van der Waals surface area (Å²) in [5, 5.41) is 8.32. The van der Waals surface area contributed by atoms with E-state index in [1.807, 2.05) is 31.2 Å². The zero-order valence-corrected chi connectivity index (χ0v) is 19.7. The maximum Gasteiger partial charge on any atom is 0.341 e. The quantitative estimate of drug-likeness (QED) is 0.409. The molecule has 3 aromatic heterocycles. The van der Waals surface area contributed by atoms with Crippen molar-refractivity contribution >= 4 is 22.9 Å². The van der Waals surface area contributed by atoms with Gasteiger partial charge in [0.25, 0.3) is 5.91 Å². The van der Waals surface area contributed by atoms with Gasteiger partial charge in [-0.15, -0.1) is 0 Å². The van der Waals surface area contributed by atoms with Gasteiger partial charge in [-0.3, -0.25) is 4.79 Å². The van der Waals surface area contributed by atoms with Gasteiger partial charge < -0.3 is 14.8 Å². The molecule has 1 saturated carbocycles. The summed E-state index contributed by atoms with van der Waals surface area (Å²) in [6.07, 6.45) is 3.81. The molecule has 5 rings (SSSR count). The van der Waals surface area contributed by atoms with Crippen LogP contribution in [0.25, 0.3) is 16.9 Å². The van der Waals surface area contributed by atoms with Crippen LogP contribution in [0.4, 0.5) is 0 Å². The lowest BCUT2D eigenvalue weighted by molar-refractivity contribution is 0.0597. The fourth-order valence-electron chi connectivity index (χ4n) is 4.13. The fraction of sp³-hybridized carbons (Fsp3) is 0.269. The van der Waals surface area contributed by atoms with Crippen molar-refractivity contribution < 1.29 is 19.1 Å². The molecule has 0 aliphatic heterocycles. The van der Waals surface area contributed by atoms with Gasteiger partial charge in [-0.25, -0.2) is 14.8 Å². The van der Waals surface area contributed by atoms with Crippen molar-refractivity contribution in [3.8, 4) is 11.6 Å². The molecule has 4 aromatic rings. The van der Waals surface area contributed by atoms with Crippen LogP contribution in [0.3, 0.4) is 0 Å². The molecule has 9 nitrogen and oxygen atoms in total. The number of methoxy groups -OCH3 is 2. The van der Waals surface area contributed by atoms with Crippen molar-refractivity contribution in [2.24, 2.45) is 0 Å². The largest absolute Gasteiger partial charge is 0.496 e. The van der Waals surface area contributed by atoms with Crippen LogP contribution in [-0.2, 0) is 11.3 Å². The minimum Gasteiger partial charge on any atom is -0.496 e. The molecule has 1 aliphatic carbocycles. The second kappa shape index (κ2) is 9.17. The van der Waals surface area contributed by atoms with Crippen LogP contribution in [-0.4, -0.2) is 45.8 Å². The number of carbonyl (C=O) groups excluding carboxylic acids is 2. The van der Waals surface area contributed by atoms with Crippen molar-refractivity contribution in [3.63, 3.8) is 0 Å². The summed E-state index contributed by atoms with van der Waals surface area (Å²) in [5.74, 6) is 0.666. The van der Waals surface area contributed by atoms with Crippen molar-refractivity contribution in [2.45, 2.75) is 32.2 Å². The molecule has 1 N–H and O–H groups in total. The second-order valence-electron chi connectivity index (χ2n) is 8.46. The fourth-order valence-corrected chi connectivity index (χ4v) is 4.13. The van der Waals surface area contributed by atoms with Crippen LogP contribution >= 0.6 is 0 Å². The highest BCUT2D eigenvalue weighted by molar-refractivity contribution is 6.06. The van der Waals surface area contributed by atoms with Gasteiger partial charge in [-0.2, -0.15) is 9.78 Å². The molecule has 1 amide bonds. The normalized spacial score (nSPS) is 13.0. The standard InChI is InChI=1S/C26H25N5O4/c1-15-23-19(25(32)28-14-16-7-10-21(34-2)18(12-16)26(33)35-3)13-20(17-8-9-17)29-24(23)31(30-15)22-6-4-5-11-27-22/h4-7,10-13,17H,8-9,14H2,1-3H3,(H,28,32). The molecule has 178 valence electrons. The van der Waals surface area contributed by atoms with Crippen LogP contribution in [0.1, 0.15) is 56.4 Å². The number of benzene rings is 1. The van der Waals surface area contributed by atoms with E-state index in [2.05, 4.69) is 15.4 Å². The van der Waals surface area contributed by atoms with Gasteiger partial charge in [0.05, 0.1) is 30.9 Å². The molecule has 0 bridgehead atoms. The van der Waals surface area contributed by atoms with E-state index in [4.69, 9.17) is 14.5 Å². The Morgan fingerprint density at radius 1 is 1.11 bits per heavy atom. The van der Waals surface area contributed by atoms with Crippen molar-refractivity contribution in [2.75, 3.05) is 14.2 Å². The first-order valence-electron chi connectivity index (χ1n) is 11.3. The number of esters is 1. The Morgan fingerprint density at radius 2 is 1.94 bits per heavy atom. The highest BCUT2D eigenvalue weighted by Crippen LogP contribution is 2.40.